The van der Waals surface area contributed by atoms with Gasteiger partial charge in [-0.3, -0.25) is 4.98 Å². The third-order valence-corrected chi connectivity index (χ3v) is 4.00. The standard InChI is InChI=1S/C18H23N5/c1-13-6-5-8-19-16(13)17(18(2,3)4)21-11-14-10-20-15-7-9-22-23(15)12-14/h5-10,12,17,21H,11H2,1-4H3. The van der Waals surface area contributed by atoms with Gasteiger partial charge in [-0.05, 0) is 24.0 Å². The van der Waals surface area contributed by atoms with Gasteiger partial charge in [-0.2, -0.15) is 5.10 Å². The van der Waals surface area contributed by atoms with E-state index in [1.54, 1.807) is 10.7 Å². The first-order valence-corrected chi connectivity index (χ1v) is 7.88. The molecule has 0 aromatic carbocycles. The number of hydrogen-bond acceptors (Lipinski definition) is 4. The van der Waals surface area contributed by atoms with Crippen LogP contribution in [-0.2, 0) is 6.54 Å². The molecule has 3 aromatic rings. The summed E-state index contributed by atoms with van der Waals surface area (Å²) < 4.78 is 1.80. The van der Waals surface area contributed by atoms with E-state index in [2.05, 4.69) is 54.1 Å². The Kier molecular flexibility index (Phi) is 4.13. The predicted octanol–water partition coefficient (Wildman–Crippen LogP) is 3.31. The van der Waals surface area contributed by atoms with E-state index < -0.39 is 0 Å². The number of aromatic nitrogens is 4. The molecule has 0 fully saturated rings. The van der Waals surface area contributed by atoms with Crippen molar-refractivity contribution in [2.75, 3.05) is 0 Å². The van der Waals surface area contributed by atoms with Crippen molar-refractivity contribution < 1.29 is 0 Å². The summed E-state index contributed by atoms with van der Waals surface area (Å²) in [4.78, 5) is 9.02. The summed E-state index contributed by atoms with van der Waals surface area (Å²) in [5.41, 5.74) is 4.34. The fourth-order valence-corrected chi connectivity index (χ4v) is 2.77. The maximum Gasteiger partial charge on any atom is 0.154 e. The lowest BCUT2D eigenvalue weighted by atomic mass is 9.83. The molecule has 120 valence electrons. The quantitative estimate of drug-likeness (QED) is 0.803. The molecule has 0 radical (unpaired) electrons. The van der Waals surface area contributed by atoms with Gasteiger partial charge in [0.15, 0.2) is 5.65 Å². The van der Waals surface area contributed by atoms with Gasteiger partial charge in [0.25, 0.3) is 0 Å². The first kappa shape index (κ1) is 15.6. The summed E-state index contributed by atoms with van der Waals surface area (Å²) in [7, 11) is 0. The van der Waals surface area contributed by atoms with Crippen LogP contribution in [0.5, 0.6) is 0 Å². The molecule has 0 saturated heterocycles. The largest absolute Gasteiger partial charge is 0.304 e. The first-order valence-electron chi connectivity index (χ1n) is 7.88. The van der Waals surface area contributed by atoms with Crippen molar-refractivity contribution in [1.82, 2.24) is 24.9 Å². The van der Waals surface area contributed by atoms with Crippen LogP contribution >= 0.6 is 0 Å². The Balaban J connectivity index is 1.83. The summed E-state index contributed by atoms with van der Waals surface area (Å²) in [6, 6.07) is 6.15. The van der Waals surface area contributed by atoms with Crippen LogP contribution in [0.3, 0.4) is 0 Å². The van der Waals surface area contributed by atoms with Crippen molar-refractivity contribution in [2.45, 2.75) is 40.3 Å². The first-order chi connectivity index (χ1) is 10.9. The van der Waals surface area contributed by atoms with Gasteiger partial charge < -0.3 is 5.32 Å². The van der Waals surface area contributed by atoms with Crippen LogP contribution in [-0.4, -0.2) is 19.6 Å². The maximum absolute atomic E-state index is 4.60. The molecule has 0 aliphatic carbocycles. The van der Waals surface area contributed by atoms with E-state index in [-0.39, 0.29) is 11.5 Å². The summed E-state index contributed by atoms with van der Waals surface area (Å²) in [6.07, 6.45) is 7.53. The van der Waals surface area contributed by atoms with Gasteiger partial charge in [-0.1, -0.05) is 26.8 Å². The van der Waals surface area contributed by atoms with Crippen LogP contribution in [0.15, 0.2) is 43.0 Å². The van der Waals surface area contributed by atoms with Crippen molar-refractivity contribution in [1.29, 1.82) is 0 Å². The molecule has 1 unspecified atom stereocenters. The van der Waals surface area contributed by atoms with Crippen molar-refractivity contribution in [2.24, 2.45) is 5.41 Å². The molecule has 3 aromatic heterocycles. The second kappa shape index (κ2) is 6.08. The normalized spacial score (nSPS) is 13.4. The zero-order chi connectivity index (χ0) is 16.4. The van der Waals surface area contributed by atoms with Crippen LogP contribution in [0.4, 0.5) is 0 Å². The molecule has 0 aliphatic rings. The highest BCUT2D eigenvalue weighted by Gasteiger charge is 2.28. The molecule has 5 nitrogen and oxygen atoms in total. The minimum atomic E-state index is 0.0579. The van der Waals surface area contributed by atoms with Crippen LogP contribution in [0.25, 0.3) is 5.65 Å². The molecule has 3 rings (SSSR count). The maximum atomic E-state index is 4.60. The molecule has 0 bridgehead atoms. The van der Waals surface area contributed by atoms with E-state index in [4.69, 9.17) is 0 Å². The van der Waals surface area contributed by atoms with Crippen LogP contribution < -0.4 is 5.32 Å². The topological polar surface area (TPSA) is 55.1 Å². The molecule has 23 heavy (non-hydrogen) atoms. The Bertz CT molecular complexity index is 800. The summed E-state index contributed by atoms with van der Waals surface area (Å²) >= 11 is 0. The number of rotatable bonds is 4. The number of fused-ring (bicyclic) bond motifs is 1. The van der Waals surface area contributed by atoms with Crippen molar-refractivity contribution in [3.05, 3.63) is 59.8 Å². The van der Waals surface area contributed by atoms with Gasteiger partial charge in [0.05, 0.1) is 17.9 Å². The van der Waals surface area contributed by atoms with E-state index in [9.17, 15) is 0 Å². The smallest absolute Gasteiger partial charge is 0.154 e. The third-order valence-electron chi connectivity index (χ3n) is 4.00. The van der Waals surface area contributed by atoms with E-state index in [0.717, 1.165) is 23.4 Å². The lowest BCUT2D eigenvalue weighted by molar-refractivity contribution is 0.264. The molecule has 0 saturated carbocycles. The highest BCUT2D eigenvalue weighted by Crippen LogP contribution is 2.33. The van der Waals surface area contributed by atoms with E-state index in [1.165, 1.54) is 5.56 Å². The second-order valence-electron chi connectivity index (χ2n) is 6.98. The van der Waals surface area contributed by atoms with Crippen molar-refractivity contribution >= 4 is 5.65 Å². The average molecular weight is 309 g/mol. The lowest BCUT2D eigenvalue weighted by Crippen LogP contribution is -2.33. The molecule has 3 heterocycles. The molecule has 1 atom stereocenters. The number of pyridine rings is 1. The third kappa shape index (κ3) is 3.40. The fraction of sp³-hybridized carbons (Fsp3) is 0.389. The molecular formula is C18H23N5. The zero-order valence-electron chi connectivity index (χ0n) is 14.1. The Hall–Kier alpha value is -2.27. The minimum absolute atomic E-state index is 0.0579. The van der Waals surface area contributed by atoms with Gasteiger partial charge in [-0.15, -0.1) is 0 Å². The van der Waals surface area contributed by atoms with Crippen LogP contribution in [0.1, 0.15) is 43.6 Å². The number of hydrogen-bond donors (Lipinski definition) is 1. The Morgan fingerprint density at radius 3 is 2.74 bits per heavy atom. The van der Waals surface area contributed by atoms with Crippen LogP contribution in [0.2, 0.25) is 0 Å². The molecule has 1 N–H and O–H groups in total. The Morgan fingerprint density at radius 2 is 2.00 bits per heavy atom. The second-order valence-corrected chi connectivity index (χ2v) is 6.98. The van der Waals surface area contributed by atoms with Crippen molar-refractivity contribution in [3.8, 4) is 0 Å². The Morgan fingerprint density at radius 1 is 1.17 bits per heavy atom. The van der Waals surface area contributed by atoms with E-state index in [0.29, 0.717) is 0 Å². The van der Waals surface area contributed by atoms with Gasteiger partial charge in [-0.25, -0.2) is 9.50 Å². The molecule has 5 heteroatoms. The molecule has 0 amide bonds. The van der Waals surface area contributed by atoms with Gasteiger partial charge in [0, 0.05) is 36.8 Å². The van der Waals surface area contributed by atoms with Gasteiger partial charge in [0.1, 0.15) is 0 Å². The Labute approximate surface area is 136 Å². The highest BCUT2D eigenvalue weighted by atomic mass is 15.2. The number of aryl methyl sites for hydroxylation is 1. The molecule has 0 spiro atoms. The summed E-state index contributed by atoms with van der Waals surface area (Å²) in [5.74, 6) is 0. The number of nitrogens with one attached hydrogen (secondary N) is 1. The summed E-state index contributed by atoms with van der Waals surface area (Å²) in [5, 5.41) is 7.89. The highest BCUT2D eigenvalue weighted by molar-refractivity contribution is 5.35. The number of nitrogens with zero attached hydrogens (tertiary/aromatic N) is 4. The van der Waals surface area contributed by atoms with Gasteiger partial charge in [0.2, 0.25) is 0 Å². The minimum Gasteiger partial charge on any atom is -0.304 e. The fourth-order valence-electron chi connectivity index (χ4n) is 2.77. The predicted molar refractivity (Wildman–Crippen MR) is 91.0 cm³/mol. The van der Waals surface area contributed by atoms with Crippen LogP contribution in [0, 0.1) is 12.3 Å². The van der Waals surface area contributed by atoms with Crippen molar-refractivity contribution in [3.63, 3.8) is 0 Å². The van der Waals surface area contributed by atoms with E-state index in [1.807, 2.05) is 30.7 Å². The molecule has 0 aliphatic heterocycles. The average Bonchev–Trinajstić information content (AvgIpc) is 2.95. The zero-order valence-corrected chi connectivity index (χ0v) is 14.1. The monoisotopic (exact) mass is 309 g/mol. The van der Waals surface area contributed by atoms with Gasteiger partial charge >= 0.3 is 0 Å². The van der Waals surface area contributed by atoms with E-state index >= 15 is 0 Å². The SMILES string of the molecule is Cc1cccnc1C(NCc1cnc2ccnn2c1)C(C)(C)C. The summed E-state index contributed by atoms with van der Waals surface area (Å²) in [6.45, 7) is 9.52. The lowest BCUT2D eigenvalue weighted by Gasteiger charge is -2.32. The molecular weight excluding hydrogens is 286 g/mol.